The van der Waals surface area contributed by atoms with Crippen LogP contribution in [0.2, 0.25) is 0 Å². The van der Waals surface area contributed by atoms with Gasteiger partial charge >= 0.3 is 6.18 Å². The fraction of sp³-hybridized carbons (Fsp3) is 0.400. The zero-order valence-corrected chi connectivity index (χ0v) is 18.0. The summed E-state index contributed by atoms with van der Waals surface area (Å²) in [6, 6.07) is 11.1. The Morgan fingerprint density at radius 2 is 1.77 bits per heavy atom. The van der Waals surface area contributed by atoms with Crippen LogP contribution in [0.1, 0.15) is 16.1 Å². The van der Waals surface area contributed by atoms with E-state index >= 15 is 0 Å². The van der Waals surface area contributed by atoms with Crippen molar-refractivity contribution in [3.63, 3.8) is 0 Å². The van der Waals surface area contributed by atoms with Gasteiger partial charge in [0.2, 0.25) is 0 Å². The molecule has 1 aromatic heterocycles. The molecule has 0 spiro atoms. The van der Waals surface area contributed by atoms with E-state index in [0.29, 0.717) is 37.6 Å². The van der Waals surface area contributed by atoms with E-state index in [9.17, 15) is 18.0 Å². The van der Waals surface area contributed by atoms with Crippen molar-refractivity contribution in [2.75, 3.05) is 32.7 Å². The second-order valence-electron chi connectivity index (χ2n) is 6.75. The minimum atomic E-state index is -4.41. The molecule has 2 N–H and O–H groups in total. The predicted octanol–water partition coefficient (Wildman–Crippen LogP) is 3.47. The van der Waals surface area contributed by atoms with Gasteiger partial charge in [0.25, 0.3) is 5.91 Å². The topological polar surface area (TPSA) is 57.3 Å². The van der Waals surface area contributed by atoms with Crippen LogP contribution in [0.3, 0.4) is 0 Å². The van der Waals surface area contributed by atoms with Crippen LogP contribution in [0.15, 0.2) is 42.5 Å². The Hall–Kier alpha value is -1.87. The minimum absolute atomic E-state index is 0. The number of hydrogen-bond donors (Lipinski definition) is 2. The molecule has 1 atom stereocenters. The molecule has 0 aliphatic carbocycles. The smallest absolute Gasteiger partial charge is 0.350 e. The number of nitrogens with zero attached hydrogens (tertiary/aromatic N) is 2. The Labute approximate surface area is 186 Å². The zero-order chi connectivity index (χ0) is 20.1. The summed E-state index contributed by atoms with van der Waals surface area (Å²) in [6.07, 6.45) is -4.41. The highest BCUT2D eigenvalue weighted by Gasteiger charge is 2.43. The average molecular weight is 465 g/mol. The number of alkyl halides is 3. The van der Waals surface area contributed by atoms with Gasteiger partial charge in [0.05, 0.1) is 17.0 Å². The largest absolute Gasteiger partial charge is 0.405 e. The summed E-state index contributed by atoms with van der Waals surface area (Å²) in [5, 5.41) is 5.48. The Kier molecular flexibility index (Phi) is 10.0. The van der Waals surface area contributed by atoms with Crippen molar-refractivity contribution in [2.45, 2.75) is 19.1 Å². The van der Waals surface area contributed by atoms with Crippen molar-refractivity contribution >= 4 is 30.7 Å². The highest BCUT2D eigenvalue weighted by Crippen LogP contribution is 2.25. The summed E-state index contributed by atoms with van der Waals surface area (Å²) in [5.41, 5.74) is 2.38. The van der Waals surface area contributed by atoms with Crippen LogP contribution in [-0.4, -0.2) is 60.7 Å². The van der Waals surface area contributed by atoms with E-state index in [-0.39, 0.29) is 30.4 Å². The first kappa shape index (κ1) is 26.2. The van der Waals surface area contributed by atoms with Crippen molar-refractivity contribution in [3.05, 3.63) is 53.7 Å². The van der Waals surface area contributed by atoms with E-state index < -0.39 is 24.7 Å². The Balaban J connectivity index is 0.00000225. The lowest BCUT2D eigenvalue weighted by molar-refractivity contribution is -0.183. The van der Waals surface area contributed by atoms with E-state index in [1.54, 1.807) is 19.1 Å². The number of piperazine rings is 1. The van der Waals surface area contributed by atoms with Crippen LogP contribution in [0.5, 0.6) is 0 Å². The Bertz CT molecular complexity index is 815. The number of rotatable bonds is 5. The number of carbonyl (C=O) groups excluding carboxylic acids is 1. The number of halogens is 5. The number of pyridine rings is 1. The number of aryl methyl sites for hydroxylation is 1. The lowest BCUT2D eigenvalue weighted by atomic mass is 10.1. The molecule has 1 amide bonds. The lowest BCUT2D eigenvalue weighted by Gasteiger charge is -2.35. The van der Waals surface area contributed by atoms with E-state index in [4.69, 9.17) is 0 Å². The van der Waals surface area contributed by atoms with Gasteiger partial charge in [0.15, 0.2) is 0 Å². The van der Waals surface area contributed by atoms with Gasteiger partial charge in [-0.2, -0.15) is 13.2 Å². The standard InChI is InChI=1S/C20H23F3N4O.2ClH/c1-14-16(7-8-17(26-14)15-5-3-2-4-6-15)19(28)25-13-18(20(21,22)23)27-11-9-24-10-12-27;;/h2-8,18,24H,9-13H2,1H3,(H,25,28);2*1H. The highest BCUT2D eigenvalue weighted by molar-refractivity contribution is 5.95. The van der Waals surface area contributed by atoms with Crippen molar-refractivity contribution < 1.29 is 18.0 Å². The molecule has 1 fully saturated rings. The van der Waals surface area contributed by atoms with Gasteiger partial charge in [-0.1, -0.05) is 30.3 Å². The first-order chi connectivity index (χ1) is 13.4. The van der Waals surface area contributed by atoms with Crippen LogP contribution in [0.4, 0.5) is 13.2 Å². The van der Waals surface area contributed by atoms with Gasteiger partial charge in [-0.05, 0) is 19.1 Å². The van der Waals surface area contributed by atoms with Crippen molar-refractivity contribution in [2.24, 2.45) is 0 Å². The molecule has 2 heterocycles. The van der Waals surface area contributed by atoms with E-state index in [1.807, 2.05) is 30.3 Å². The molecule has 3 rings (SSSR count). The van der Waals surface area contributed by atoms with Gasteiger partial charge in [0, 0.05) is 38.3 Å². The van der Waals surface area contributed by atoms with Gasteiger partial charge in [0.1, 0.15) is 6.04 Å². The first-order valence-corrected chi connectivity index (χ1v) is 9.19. The third kappa shape index (κ3) is 6.57. The van der Waals surface area contributed by atoms with Gasteiger partial charge in [-0.25, -0.2) is 0 Å². The molecule has 1 aliphatic heterocycles. The fourth-order valence-corrected chi connectivity index (χ4v) is 3.30. The summed E-state index contributed by atoms with van der Waals surface area (Å²) < 4.78 is 40.4. The molecule has 0 bridgehead atoms. The number of amides is 1. The molecule has 2 aromatic rings. The number of nitrogens with one attached hydrogen (secondary N) is 2. The molecule has 1 saturated heterocycles. The van der Waals surface area contributed by atoms with Crippen LogP contribution >= 0.6 is 24.8 Å². The molecule has 1 aromatic carbocycles. The second kappa shape index (κ2) is 11.5. The maximum Gasteiger partial charge on any atom is 0.405 e. The molecule has 1 aliphatic rings. The second-order valence-corrected chi connectivity index (χ2v) is 6.75. The number of carbonyl (C=O) groups is 1. The van der Waals surface area contributed by atoms with E-state index in [1.165, 1.54) is 4.90 Å². The lowest BCUT2D eigenvalue weighted by Crippen LogP contribution is -2.57. The zero-order valence-electron chi connectivity index (χ0n) is 16.4. The molecule has 0 radical (unpaired) electrons. The van der Waals surface area contributed by atoms with Crippen molar-refractivity contribution in [3.8, 4) is 11.3 Å². The van der Waals surface area contributed by atoms with Gasteiger partial charge in [-0.3, -0.25) is 14.7 Å². The number of benzene rings is 1. The molecule has 166 valence electrons. The Morgan fingerprint density at radius 3 is 2.33 bits per heavy atom. The van der Waals surface area contributed by atoms with Crippen LogP contribution in [0.25, 0.3) is 11.3 Å². The summed E-state index contributed by atoms with van der Waals surface area (Å²) in [7, 11) is 0. The molecule has 5 nitrogen and oxygen atoms in total. The van der Waals surface area contributed by atoms with Crippen LogP contribution in [-0.2, 0) is 0 Å². The van der Waals surface area contributed by atoms with Crippen LogP contribution in [0, 0.1) is 6.92 Å². The Morgan fingerprint density at radius 1 is 1.13 bits per heavy atom. The maximum atomic E-state index is 13.5. The van der Waals surface area contributed by atoms with Crippen molar-refractivity contribution in [1.82, 2.24) is 20.5 Å². The molecular weight excluding hydrogens is 440 g/mol. The number of aromatic nitrogens is 1. The summed E-state index contributed by atoms with van der Waals surface area (Å²) in [5.74, 6) is -0.547. The molecule has 0 saturated carbocycles. The first-order valence-electron chi connectivity index (χ1n) is 9.19. The fourth-order valence-electron chi connectivity index (χ4n) is 3.30. The number of hydrogen-bond acceptors (Lipinski definition) is 4. The molecular formula is C20H25Cl2F3N4O. The van der Waals surface area contributed by atoms with E-state index in [2.05, 4.69) is 15.6 Å². The maximum absolute atomic E-state index is 13.5. The summed E-state index contributed by atoms with van der Waals surface area (Å²) in [6.45, 7) is 2.80. The SMILES string of the molecule is Cc1nc(-c2ccccc2)ccc1C(=O)NCC(N1CCNCC1)C(F)(F)F.Cl.Cl. The predicted molar refractivity (Wildman–Crippen MR) is 116 cm³/mol. The molecule has 10 heteroatoms. The third-order valence-corrected chi connectivity index (χ3v) is 4.83. The monoisotopic (exact) mass is 464 g/mol. The quantitative estimate of drug-likeness (QED) is 0.711. The van der Waals surface area contributed by atoms with E-state index in [0.717, 1.165) is 5.56 Å². The van der Waals surface area contributed by atoms with Gasteiger partial charge in [-0.15, -0.1) is 24.8 Å². The van der Waals surface area contributed by atoms with Crippen LogP contribution < -0.4 is 10.6 Å². The molecule has 1 unspecified atom stereocenters. The molecule has 30 heavy (non-hydrogen) atoms. The van der Waals surface area contributed by atoms with Crippen molar-refractivity contribution in [1.29, 1.82) is 0 Å². The summed E-state index contributed by atoms with van der Waals surface area (Å²) >= 11 is 0. The third-order valence-electron chi connectivity index (χ3n) is 4.83. The highest BCUT2D eigenvalue weighted by atomic mass is 35.5. The minimum Gasteiger partial charge on any atom is -0.350 e. The normalized spacial score (nSPS) is 15.5. The summed E-state index contributed by atoms with van der Waals surface area (Å²) in [4.78, 5) is 18.3. The average Bonchev–Trinajstić information content (AvgIpc) is 2.68. The van der Waals surface area contributed by atoms with Gasteiger partial charge < -0.3 is 10.6 Å².